The number of sulfonamides is 3. The monoisotopic (exact) mass is 2140 g/mol. The van der Waals surface area contributed by atoms with Gasteiger partial charge in [-0.2, -0.15) is 38.0 Å². The van der Waals surface area contributed by atoms with Gasteiger partial charge < -0.3 is 10.6 Å². The van der Waals surface area contributed by atoms with Gasteiger partial charge in [-0.25, -0.2) is 96.3 Å². The van der Waals surface area contributed by atoms with Crippen molar-refractivity contribution in [2.24, 2.45) is 11.8 Å². The maximum absolute atomic E-state index is 15.7. The molecule has 51 heteroatoms. The van der Waals surface area contributed by atoms with E-state index in [0.29, 0.717) is 67.7 Å². The number of sulfone groups is 1. The van der Waals surface area contributed by atoms with Gasteiger partial charge in [0.1, 0.15) is 83.9 Å². The summed E-state index contributed by atoms with van der Waals surface area (Å²) in [7, 11) is -14.8. The molecule has 6 heterocycles. The quantitative estimate of drug-likeness (QED) is 0.0293. The van der Waals surface area contributed by atoms with E-state index in [2.05, 4.69) is 40.5 Å². The Bertz CT molecular complexity index is 8370. The molecule has 6 atom stereocenters. The molecular formula is C94H79Cl2F16N17O12S4. The molecule has 0 spiro atoms. The van der Waals surface area contributed by atoms with Gasteiger partial charge in [-0.3, -0.25) is 60.8 Å². The second-order valence-electron chi connectivity index (χ2n) is 37.2. The van der Waals surface area contributed by atoms with E-state index in [9.17, 15) is 95.9 Å². The number of alkyl halides is 12. The topological polar surface area (TPSA) is 363 Å². The fraction of sp³-hybridized carbons (Fsp3) is 0.340. The molecule has 2 amide bonds. The number of amides is 2. The third kappa shape index (κ3) is 18.6. The highest BCUT2D eigenvalue weighted by molar-refractivity contribution is 7.94. The van der Waals surface area contributed by atoms with Crippen molar-refractivity contribution in [1.82, 2.24) is 68.9 Å². The van der Waals surface area contributed by atoms with Crippen molar-refractivity contribution < 1.29 is 114 Å². The number of anilines is 3. The van der Waals surface area contributed by atoms with Crippen LogP contribution in [0.25, 0.3) is 77.2 Å². The molecule has 6 aromatic heterocycles. The zero-order chi connectivity index (χ0) is 104. The third-order valence-corrected chi connectivity index (χ3v) is 34.2. The average molecular weight is 2140 g/mol. The lowest BCUT2D eigenvalue weighted by molar-refractivity contribution is -0.123. The predicted octanol–water partition coefficient (Wildman–Crippen LogP) is 17.9. The van der Waals surface area contributed by atoms with E-state index in [-0.39, 0.29) is 122 Å². The SMILES string of the molecule is CC(C)(C)S(=O)(=O)c1ccccc1-c1ccc2c(=O)n(-c3ccc(Cl)c4c(NS(=O)(=O)C5CC5)nn(CC(F)F)c34)c([C@H](Cc3cc(F)cc(F)c3)NC(=O)Cn3nc(C(F)F)c4c3C(F)(F)[C@@H]3C[C@H]43)nc2c1.CN(c1ccccc1-c1ccc2c(=O)n(-c3ccc(Cl)c4c(NS(=O)(=O)C5CC5)nn(CC(F)F)c34)c([C@H](Cc3cc(F)cc(F)c3)NC(=O)Cn3nc(C(F)F)c4c3C(F)(F)[C@@H]3C[C@H]43)nc2c1)S(C)(=O)=O. The standard InChI is InChI=1S/C48H41ClF8N8O6S2.C46H38ClF8N9O6S2/c1-47(2,3)72(68,69)35-7-5-4-6-27(35)23-8-11-28-32(17-23)59-45(65(46(28)67)34-13-12-31(49)39-41(34)63(20-36(52)53)61-44(39)62-73(70,71)26-9-10-26)33(16-22-14-24(50)18-25(51)15-22)58-37(66)21-64-42-38(40(60-64)43(54)55)29-19-30(29)48(42,56)57;1-61(71(2,67)68)33-6-4-3-5-26(33)22-7-10-27-31(16-22)57-44(64(45(27)66)34-12-11-30(47)38-40(34)62(19-35(50)51)59-43(38)60-72(69,70)25-8-9-25)32(15-21-13-23(48)17-24(49)14-21)56-36(65)20-63-41-37(39(58-63)42(52)53)28-18-29(28)46(41,54)55/h4-8,11-15,17-18,26,29-30,33,36,43H,9-10,16,19-21H2,1-3H3,(H,58,66)(H,61,62);3-7,10-14,16-17,25,28-29,32,35,42H,8-9,15,18-20H2,1-2H3,(H,56,65)(H,59,60)/t29-,30+,33-;28-,29+,32-/m00/s1. The first kappa shape index (κ1) is 101. The Morgan fingerprint density at radius 3 is 1.27 bits per heavy atom. The second-order valence-corrected chi connectivity index (χ2v) is 46.6. The second kappa shape index (κ2) is 36.6. The van der Waals surface area contributed by atoms with Crippen molar-refractivity contribution in [2.75, 3.05) is 27.1 Å². The van der Waals surface area contributed by atoms with Crippen LogP contribution in [0, 0.1) is 35.1 Å². The van der Waals surface area contributed by atoms with Crippen LogP contribution in [-0.2, 0) is 100 Å². The van der Waals surface area contributed by atoms with Gasteiger partial charge in [0.25, 0.3) is 48.7 Å². The Morgan fingerprint density at radius 1 is 0.503 bits per heavy atom. The number of nitrogens with zero attached hydrogens (tertiary/aromatic N) is 13. The van der Waals surface area contributed by atoms with E-state index in [0.717, 1.165) is 44.0 Å². The van der Waals surface area contributed by atoms with Crippen LogP contribution in [0.4, 0.5) is 87.6 Å². The lowest BCUT2D eigenvalue weighted by atomic mass is 10.0. The molecule has 0 saturated heterocycles. The maximum atomic E-state index is 15.7. The van der Waals surface area contributed by atoms with E-state index in [1.54, 1.807) is 24.3 Å². The summed E-state index contributed by atoms with van der Waals surface area (Å²) in [4.78, 5) is 69.1. The molecule has 14 aromatic rings. The number of hydrogen-bond donors (Lipinski definition) is 4. The van der Waals surface area contributed by atoms with Crippen LogP contribution in [0.5, 0.6) is 0 Å². The van der Waals surface area contributed by atoms with Gasteiger partial charge in [-0.05, 0) is 178 Å². The van der Waals surface area contributed by atoms with Gasteiger partial charge in [0, 0.05) is 66.1 Å². The van der Waals surface area contributed by atoms with Crippen molar-refractivity contribution in [3.8, 4) is 33.6 Å². The Balaban J connectivity index is 0.000000183. The molecule has 4 N–H and O–H groups in total. The van der Waals surface area contributed by atoms with Gasteiger partial charge in [0.2, 0.25) is 41.9 Å². The summed E-state index contributed by atoms with van der Waals surface area (Å²) in [6, 6.07) is 26.5. The van der Waals surface area contributed by atoms with Gasteiger partial charge in [0.15, 0.2) is 21.5 Å². The highest BCUT2D eigenvalue weighted by Crippen LogP contribution is 2.70. The van der Waals surface area contributed by atoms with Crippen LogP contribution >= 0.6 is 23.2 Å². The molecule has 4 fully saturated rings. The summed E-state index contributed by atoms with van der Waals surface area (Å²) < 4.78 is 352. The highest BCUT2D eigenvalue weighted by Gasteiger charge is 2.69. The summed E-state index contributed by atoms with van der Waals surface area (Å²) in [6.45, 7) is -0.0825. The van der Waals surface area contributed by atoms with Crippen molar-refractivity contribution in [2.45, 2.75) is 180 Å². The minimum Gasteiger partial charge on any atom is -0.344 e. The molecule has 4 saturated carbocycles. The van der Waals surface area contributed by atoms with Crippen molar-refractivity contribution in [3.05, 3.63) is 256 Å². The Kier molecular flexibility index (Phi) is 25.4. The first-order valence-corrected chi connectivity index (χ1v) is 51.9. The van der Waals surface area contributed by atoms with Crippen LogP contribution in [0.2, 0.25) is 10.0 Å². The maximum Gasteiger partial charge on any atom is 0.293 e. The summed E-state index contributed by atoms with van der Waals surface area (Å²) in [5.41, 5.74) is -7.08. The number of benzene rings is 8. The van der Waals surface area contributed by atoms with Crippen LogP contribution < -0.4 is 35.5 Å². The molecule has 6 aliphatic rings. The van der Waals surface area contributed by atoms with Crippen molar-refractivity contribution in [1.29, 1.82) is 0 Å². The largest absolute Gasteiger partial charge is 0.344 e. The highest BCUT2D eigenvalue weighted by atomic mass is 35.5. The minimum absolute atomic E-state index is 0.0706. The smallest absolute Gasteiger partial charge is 0.293 e. The normalized spacial score (nSPS) is 17.8. The van der Waals surface area contributed by atoms with E-state index in [1.807, 2.05) is 0 Å². The third-order valence-electron chi connectivity index (χ3n) is 26.2. The van der Waals surface area contributed by atoms with Gasteiger partial charge >= 0.3 is 0 Å². The van der Waals surface area contributed by atoms with Gasteiger partial charge in [-0.1, -0.05) is 71.7 Å². The number of carbonyl (C=O) groups excluding carboxylic acids is 2. The molecule has 145 heavy (non-hydrogen) atoms. The number of aromatic nitrogens is 12. The number of carbonyl (C=O) groups is 2. The molecule has 0 unspecified atom stereocenters. The fourth-order valence-corrected chi connectivity index (χ4v) is 24.2. The van der Waals surface area contributed by atoms with Gasteiger partial charge in [0.05, 0.1) is 109 Å². The number of halogens is 18. The molecule has 762 valence electrons. The number of nitrogens with one attached hydrogen (secondary N) is 4. The number of fused-ring (bicyclic) bond motifs is 10. The summed E-state index contributed by atoms with van der Waals surface area (Å²) in [5.74, 6) is -20.3. The first-order chi connectivity index (χ1) is 68.2. The van der Waals surface area contributed by atoms with Crippen molar-refractivity contribution in [3.63, 3.8) is 0 Å². The minimum atomic E-state index is -4.14. The molecular weight excluding hydrogens is 2060 g/mol. The Labute approximate surface area is 822 Å². The molecule has 6 aliphatic carbocycles. The fourth-order valence-electron chi connectivity index (χ4n) is 19.1. The molecule has 8 aromatic carbocycles. The zero-order valence-electron chi connectivity index (χ0n) is 75.9. The average Bonchev–Trinajstić information content (AvgIpc) is 1.52. The molecule has 0 bridgehead atoms. The first-order valence-electron chi connectivity index (χ1n) is 44.7. The van der Waals surface area contributed by atoms with E-state index < -0.39 is 260 Å². The van der Waals surface area contributed by atoms with Crippen LogP contribution in [0.15, 0.2) is 160 Å². The summed E-state index contributed by atoms with van der Waals surface area (Å²) in [5, 5.41) is 18.0. The molecule has 0 aliphatic heterocycles. The lowest BCUT2D eigenvalue weighted by Crippen LogP contribution is -2.38. The number of hydrogen-bond acceptors (Lipinski definition) is 18. The number of para-hydroxylation sites is 1. The van der Waals surface area contributed by atoms with E-state index >= 15 is 27.2 Å². The predicted molar refractivity (Wildman–Crippen MR) is 501 cm³/mol. The van der Waals surface area contributed by atoms with Crippen LogP contribution in [0.1, 0.15) is 153 Å². The number of rotatable bonds is 31. The Morgan fingerprint density at radius 2 is 0.890 bits per heavy atom. The van der Waals surface area contributed by atoms with Crippen LogP contribution in [-0.4, -0.2) is 145 Å². The van der Waals surface area contributed by atoms with Crippen LogP contribution in [0.3, 0.4) is 0 Å². The van der Waals surface area contributed by atoms with E-state index in [4.69, 9.17) is 33.2 Å². The van der Waals surface area contributed by atoms with Gasteiger partial charge in [-0.15, -0.1) is 0 Å². The Hall–Kier alpha value is -13.0. The lowest BCUT2D eigenvalue weighted by Gasteiger charge is -2.24. The van der Waals surface area contributed by atoms with Crippen molar-refractivity contribution >= 4 is 136 Å². The van der Waals surface area contributed by atoms with E-state index in [1.165, 1.54) is 113 Å². The molecule has 0 radical (unpaired) electrons. The molecule has 29 nitrogen and oxygen atoms in total. The molecule has 20 rings (SSSR count). The summed E-state index contributed by atoms with van der Waals surface area (Å²) >= 11 is 13.4. The summed E-state index contributed by atoms with van der Waals surface area (Å²) in [6.07, 6.45) is -12.1. The zero-order valence-corrected chi connectivity index (χ0v) is 80.7.